The highest BCUT2D eigenvalue weighted by Gasteiger charge is 2.16. The van der Waals surface area contributed by atoms with Crippen molar-refractivity contribution in [3.63, 3.8) is 0 Å². The fourth-order valence-corrected chi connectivity index (χ4v) is 4.19. The first-order valence-electron chi connectivity index (χ1n) is 9.88. The Balaban J connectivity index is 1.47. The van der Waals surface area contributed by atoms with E-state index in [0.717, 1.165) is 67.3 Å². The third kappa shape index (κ3) is 5.42. The summed E-state index contributed by atoms with van der Waals surface area (Å²) in [6, 6.07) is 4.27. The molecule has 2 aromatic heterocycles. The number of rotatable bonds is 6. The van der Waals surface area contributed by atoms with Gasteiger partial charge < -0.3 is 20.4 Å². The average Bonchev–Trinajstić information content (AvgIpc) is 3.05. The Bertz CT molecular complexity index is 776. The van der Waals surface area contributed by atoms with Gasteiger partial charge in [-0.15, -0.1) is 11.3 Å². The van der Waals surface area contributed by atoms with Crippen LogP contribution in [0.4, 0.5) is 5.82 Å². The first-order chi connectivity index (χ1) is 13.6. The second kappa shape index (κ2) is 9.84. The number of aryl methyl sites for hydroxylation is 2. The Morgan fingerprint density at radius 1 is 1.14 bits per heavy atom. The molecule has 152 valence electrons. The number of hydrogen-bond acceptors (Lipinski definition) is 6. The van der Waals surface area contributed by atoms with Crippen LogP contribution in [0.1, 0.15) is 28.1 Å². The summed E-state index contributed by atoms with van der Waals surface area (Å²) in [5.41, 5.74) is 2.23. The zero-order chi connectivity index (χ0) is 19.9. The normalized spacial score (nSPS) is 15.7. The van der Waals surface area contributed by atoms with E-state index in [4.69, 9.17) is 0 Å². The Morgan fingerprint density at radius 2 is 1.89 bits per heavy atom. The highest BCUT2D eigenvalue weighted by atomic mass is 32.1. The quantitative estimate of drug-likeness (QED) is 0.571. The van der Waals surface area contributed by atoms with Crippen LogP contribution in [-0.2, 0) is 13.1 Å². The Hall–Kier alpha value is -2.19. The van der Waals surface area contributed by atoms with Crippen LogP contribution in [-0.4, -0.2) is 60.6 Å². The van der Waals surface area contributed by atoms with Crippen molar-refractivity contribution in [2.24, 2.45) is 4.99 Å². The standard InChI is InChI=1S/C20H31N7S/c1-5-26-8-10-27(11-9-26)19-7-6-17(12-22-19)13-23-20(21-4)24-14-18-15(2)25-16(3)28-18/h6-7,12H,5,8-11,13-14H2,1-4H3,(H2,21,23,24). The minimum Gasteiger partial charge on any atom is -0.354 e. The average molecular weight is 402 g/mol. The van der Waals surface area contributed by atoms with Gasteiger partial charge in [-0.25, -0.2) is 9.97 Å². The maximum absolute atomic E-state index is 4.67. The van der Waals surface area contributed by atoms with Crippen molar-refractivity contribution >= 4 is 23.1 Å². The van der Waals surface area contributed by atoms with Crippen LogP contribution in [0.5, 0.6) is 0 Å². The molecule has 8 heteroatoms. The molecule has 1 aliphatic rings. The Morgan fingerprint density at radius 3 is 2.46 bits per heavy atom. The number of piperazine rings is 1. The van der Waals surface area contributed by atoms with E-state index in [2.05, 4.69) is 54.5 Å². The van der Waals surface area contributed by atoms with Gasteiger partial charge in [-0.05, 0) is 32.0 Å². The number of aromatic nitrogens is 2. The molecule has 0 saturated carbocycles. The van der Waals surface area contributed by atoms with Crippen LogP contribution in [0.15, 0.2) is 23.3 Å². The maximum atomic E-state index is 4.67. The summed E-state index contributed by atoms with van der Waals surface area (Å²) >= 11 is 1.72. The predicted molar refractivity (Wildman–Crippen MR) is 117 cm³/mol. The summed E-state index contributed by atoms with van der Waals surface area (Å²) in [4.78, 5) is 19.5. The molecule has 3 heterocycles. The van der Waals surface area contributed by atoms with Gasteiger partial charge >= 0.3 is 0 Å². The van der Waals surface area contributed by atoms with E-state index in [1.54, 1.807) is 18.4 Å². The molecule has 0 amide bonds. The molecule has 0 radical (unpaired) electrons. The summed E-state index contributed by atoms with van der Waals surface area (Å²) in [6.45, 7) is 13.2. The maximum Gasteiger partial charge on any atom is 0.191 e. The van der Waals surface area contributed by atoms with E-state index in [-0.39, 0.29) is 0 Å². The fourth-order valence-electron chi connectivity index (χ4n) is 3.31. The van der Waals surface area contributed by atoms with Crippen LogP contribution < -0.4 is 15.5 Å². The Kier molecular flexibility index (Phi) is 7.22. The van der Waals surface area contributed by atoms with Crippen LogP contribution >= 0.6 is 11.3 Å². The highest BCUT2D eigenvalue weighted by Crippen LogP contribution is 2.16. The van der Waals surface area contributed by atoms with Crippen molar-refractivity contribution in [2.75, 3.05) is 44.7 Å². The summed E-state index contributed by atoms with van der Waals surface area (Å²) in [5, 5.41) is 7.81. The first-order valence-corrected chi connectivity index (χ1v) is 10.7. The van der Waals surface area contributed by atoms with Gasteiger partial charge in [-0.1, -0.05) is 13.0 Å². The van der Waals surface area contributed by atoms with Gasteiger partial charge in [0.05, 0.1) is 17.2 Å². The van der Waals surface area contributed by atoms with E-state index in [0.29, 0.717) is 6.54 Å². The SMILES string of the molecule is CCN1CCN(c2ccc(CNC(=NC)NCc3sc(C)nc3C)cn2)CC1. The summed E-state index contributed by atoms with van der Waals surface area (Å²) in [5.74, 6) is 1.85. The van der Waals surface area contributed by atoms with Gasteiger partial charge in [-0.2, -0.15) is 0 Å². The molecule has 3 rings (SSSR count). The predicted octanol–water partition coefficient (Wildman–Crippen LogP) is 2.16. The third-order valence-corrected chi connectivity index (χ3v) is 6.13. The van der Waals surface area contributed by atoms with Crippen molar-refractivity contribution in [2.45, 2.75) is 33.9 Å². The minimum absolute atomic E-state index is 0.692. The number of pyridine rings is 1. The molecule has 7 nitrogen and oxygen atoms in total. The van der Waals surface area contributed by atoms with Gasteiger partial charge in [0.25, 0.3) is 0 Å². The molecule has 0 aliphatic carbocycles. The van der Waals surface area contributed by atoms with E-state index < -0.39 is 0 Å². The number of guanidine groups is 1. The number of thiazole rings is 1. The van der Waals surface area contributed by atoms with Crippen molar-refractivity contribution in [1.82, 2.24) is 25.5 Å². The zero-order valence-corrected chi connectivity index (χ0v) is 18.1. The molecule has 1 fully saturated rings. The van der Waals surface area contributed by atoms with E-state index in [1.807, 2.05) is 20.0 Å². The number of likely N-dealkylation sites (N-methyl/N-ethyl adjacent to an activating group) is 1. The van der Waals surface area contributed by atoms with Gasteiger partial charge in [0.1, 0.15) is 5.82 Å². The molecule has 2 N–H and O–H groups in total. The molecule has 0 spiro atoms. The van der Waals surface area contributed by atoms with Crippen LogP contribution in [0.25, 0.3) is 0 Å². The topological polar surface area (TPSA) is 68.7 Å². The molecule has 1 saturated heterocycles. The number of nitrogens with zero attached hydrogens (tertiary/aromatic N) is 5. The zero-order valence-electron chi connectivity index (χ0n) is 17.3. The Labute approximate surface area is 171 Å². The van der Waals surface area contributed by atoms with Gasteiger partial charge in [0.2, 0.25) is 0 Å². The smallest absolute Gasteiger partial charge is 0.191 e. The summed E-state index contributed by atoms with van der Waals surface area (Å²) in [7, 11) is 1.79. The second-order valence-corrected chi connectivity index (χ2v) is 8.25. The molecule has 0 atom stereocenters. The van der Waals surface area contributed by atoms with Gasteiger partial charge in [-0.3, -0.25) is 4.99 Å². The van der Waals surface area contributed by atoms with E-state index in [1.165, 1.54) is 4.88 Å². The van der Waals surface area contributed by atoms with Gasteiger partial charge in [0, 0.05) is 50.8 Å². The first kappa shape index (κ1) is 20.5. The van der Waals surface area contributed by atoms with Crippen molar-refractivity contribution < 1.29 is 0 Å². The van der Waals surface area contributed by atoms with Gasteiger partial charge in [0.15, 0.2) is 5.96 Å². The molecular weight excluding hydrogens is 370 g/mol. The fraction of sp³-hybridized carbons (Fsp3) is 0.550. The highest BCUT2D eigenvalue weighted by molar-refractivity contribution is 7.11. The second-order valence-electron chi connectivity index (χ2n) is 6.97. The van der Waals surface area contributed by atoms with Crippen molar-refractivity contribution in [1.29, 1.82) is 0 Å². The summed E-state index contributed by atoms with van der Waals surface area (Å²) in [6.07, 6.45) is 1.96. The van der Waals surface area contributed by atoms with Crippen molar-refractivity contribution in [3.05, 3.63) is 39.5 Å². The van der Waals surface area contributed by atoms with Crippen LogP contribution in [0.3, 0.4) is 0 Å². The minimum atomic E-state index is 0.692. The monoisotopic (exact) mass is 401 g/mol. The number of anilines is 1. The van der Waals surface area contributed by atoms with Crippen LogP contribution in [0.2, 0.25) is 0 Å². The molecular formula is C20H31N7S. The lowest BCUT2D eigenvalue weighted by Crippen LogP contribution is -2.46. The molecule has 1 aliphatic heterocycles. The van der Waals surface area contributed by atoms with E-state index >= 15 is 0 Å². The molecule has 0 aromatic carbocycles. The lowest BCUT2D eigenvalue weighted by molar-refractivity contribution is 0.270. The van der Waals surface area contributed by atoms with Crippen LogP contribution in [0, 0.1) is 13.8 Å². The lowest BCUT2D eigenvalue weighted by atomic mass is 10.2. The number of nitrogens with one attached hydrogen (secondary N) is 2. The van der Waals surface area contributed by atoms with Crippen molar-refractivity contribution in [3.8, 4) is 0 Å². The molecule has 2 aromatic rings. The number of hydrogen-bond donors (Lipinski definition) is 2. The summed E-state index contributed by atoms with van der Waals surface area (Å²) < 4.78 is 0. The molecule has 0 unspecified atom stereocenters. The molecule has 0 bridgehead atoms. The largest absolute Gasteiger partial charge is 0.354 e. The number of aliphatic imine (C=N–C) groups is 1. The molecule has 28 heavy (non-hydrogen) atoms. The lowest BCUT2D eigenvalue weighted by Gasteiger charge is -2.34. The third-order valence-electron chi connectivity index (χ3n) is 5.05. The van der Waals surface area contributed by atoms with E-state index in [9.17, 15) is 0 Å².